The Hall–Kier alpha value is -4.07. The molecule has 0 fully saturated rings. The summed E-state index contributed by atoms with van der Waals surface area (Å²) in [6.45, 7) is 5.94. The van der Waals surface area contributed by atoms with Gasteiger partial charge in [0, 0.05) is 17.2 Å². The lowest BCUT2D eigenvalue weighted by Crippen LogP contribution is -2.11. The predicted octanol–water partition coefficient (Wildman–Crippen LogP) is 5.29. The van der Waals surface area contributed by atoms with Crippen molar-refractivity contribution in [1.82, 2.24) is 0 Å². The Bertz CT molecular complexity index is 1170. The molecule has 3 aromatic rings. The first kappa shape index (κ1) is 20.7. The second-order valence-corrected chi connectivity index (χ2v) is 6.92. The topological polar surface area (TPSA) is 111 Å². The minimum absolute atomic E-state index is 0.0708. The van der Waals surface area contributed by atoms with E-state index in [-0.39, 0.29) is 11.4 Å². The molecule has 0 radical (unpaired) electrons. The predicted molar refractivity (Wildman–Crippen MR) is 116 cm³/mol. The van der Waals surface area contributed by atoms with Crippen LogP contribution in [-0.4, -0.2) is 15.6 Å². The fourth-order valence-electron chi connectivity index (χ4n) is 3.18. The van der Waals surface area contributed by atoms with Crippen molar-refractivity contribution in [2.24, 2.45) is 5.10 Å². The molecule has 0 aliphatic rings. The van der Waals surface area contributed by atoms with E-state index in [1.165, 1.54) is 12.1 Å². The molecule has 0 atom stereocenters. The molecule has 3 aromatic carbocycles. The van der Waals surface area contributed by atoms with Gasteiger partial charge in [-0.05, 0) is 38.0 Å². The normalized spacial score (nSPS) is 11.2. The number of benzene rings is 3. The average Bonchev–Trinajstić information content (AvgIpc) is 2.70. The summed E-state index contributed by atoms with van der Waals surface area (Å²) >= 11 is 0. The number of hydrogen-bond donors (Lipinski definition) is 1. The van der Waals surface area contributed by atoms with Crippen molar-refractivity contribution >= 4 is 22.8 Å². The van der Waals surface area contributed by atoms with E-state index in [0.29, 0.717) is 5.71 Å². The molecule has 0 aliphatic carbocycles. The molecule has 0 aromatic heterocycles. The van der Waals surface area contributed by atoms with Crippen LogP contribution in [0.5, 0.6) is 0 Å². The number of non-ortho nitro benzene ring substituents is 1. The fourth-order valence-corrected chi connectivity index (χ4v) is 3.18. The summed E-state index contributed by atoms with van der Waals surface area (Å²) in [4.78, 5) is 21.0. The molecule has 0 saturated carbocycles. The number of anilines is 1. The third kappa shape index (κ3) is 4.33. The van der Waals surface area contributed by atoms with Crippen molar-refractivity contribution in [2.75, 3.05) is 5.43 Å². The number of nitro groups is 2. The van der Waals surface area contributed by atoms with E-state index in [0.717, 1.165) is 33.9 Å². The Labute approximate surface area is 173 Å². The summed E-state index contributed by atoms with van der Waals surface area (Å²) in [7, 11) is 0. The van der Waals surface area contributed by atoms with Gasteiger partial charge < -0.3 is 0 Å². The highest BCUT2D eigenvalue weighted by molar-refractivity contribution is 6.14. The lowest BCUT2D eigenvalue weighted by Gasteiger charge is -2.14. The molecule has 0 aliphatic heterocycles. The molecule has 1 N–H and O–H groups in total. The molecule has 152 valence electrons. The fraction of sp³-hybridized carbons (Fsp3) is 0.136. The molecular formula is C22H20N4O4. The maximum absolute atomic E-state index is 11.4. The van der Waals surface area contributed by atoms with Crippen LogP contribution in [0.3, 0.4) is 0 Å². The Kier molecular flexibility index (Phi) is 5.87. The molecule has 0 bridgehead atoms. The standard InChI is InChI=1S/C22H20N4O4/c1-14-8-10-19(16(3)12-14)22(18-7-5-4-6-15(18)2)24-23-20-11-9-17(25(27)28)13-21(20)26(29)30/h4-13,23H,1-3H3. The SMILES string of the molecule is Cc1ccc(C(=NNc2ccc([N+](=O)[O-])cc2[N+](=O)[O-])c2ccccc2C)c(C)c1. The van der Waals surface area contributed by atoms with Gasteiger partial charge in [-0.25, -0.2) is 0 Å². The van der Waals surface area contributed by atoms with Crippen LogP contribution in [-0.2, 0) is 0 Å². The lowest BCUT2D eigenvalue weighted by molar-refractivity contribution is -0.393. The zero-order chi connectivity index (χ0) is 21.8. The highest BCUT2D eigenvalue weighted by Gasteiger charge is 2.20. The first-order valence-corrected chi connectivity index (χ1v) is 9.18. The van der Waals surface area contributed by atoms with E-state index in [1.807, 2.05) is 63.2 Å². The van der Waals surface area contributed by atoms with E-state index < -0.39 is 15.5 Å². The van der Waals surface area contributed by atoms with Crippen LogP contribution in [0, 0.1) is 41.0 Å². The molecule has 0 unspecified atom stereocenters. The summed E-state index contributed by atoms with van der Waals surface area (Å²) in [6, 6.07) is 17.1. The molecular weight excluding hydrogens is 384 g/mol. The Morgan fingerprint density at radius 3 is 2.17 bits per heavy atom. The number of nitro benzene ring substituents is 2. The van der Waals surface area contributed by atoms with Gasteiger partial charge in [0.25, 0.3) is 5.69 Å². The van der Waals surface area contributed by atoms with Gasteiger partial charge in [0.05, 0.1) is 21.6 Å². The summed E-state index contributed by atoms with van der Waals surface area (Å²) in [5, 5.41) is 26.9. The first-order chi connectivity index (χ1) is 14.3. The first-order valence-electron chi connectivity index (χ1n) is 9.18. The number of hydrogen-bond acceptors (Lipinski definition) is 6. The van der Waals surface area contributed by atoms with Crippen molar-refractivity contribution < 1.29 is 9.85 Å². The van der Waals surface area contributed by atoms with Crippen molar-refractivity contribution in [3.8, 4) is 0 Å². The molecule has 30 heavy (non-hydrogen) atoms. The largest absolute Gasteiger partial charge is 0.301 e. The second-order valence-electron chi connectivity index (χ2n) is 6.92. The van der Waals surface area contributed by atoms with Crippen molar-refractivity contribution in [3.05, 3.63) is 109 Å². The van der Waals surface area contributed by atoms with Gasteiger partial charge >= 0.3 is 5.69 Å². The number of nitrogens with one attached hydrogen (secondary N) is 1. The molecule has 0 heterocycles. The highest BCUT2D eigenvalue weighted by atomic mass is 16.6. The van der Waals surface area contributed by atoms with E-state index in [1.54, 1.807) is 0 Å². The van der Waals surface area contributed by atoms with E-state index in [9.17, 15) is 20.2 Å². The number of rotatable bonds is 6. The average molecular weight is 404 g/mol. The van der Waals surface area contributed by atoms with Gasteiger partial charge in [0.2, 0.25) is 0 Å². The summed E-state index contributed by atoms with van der Waals surface area (Å²) in [5.74, 6) is 0. The zero-order valence-electron chi connectivity index (χ0n) is 16.7. The van der Waals surface area contributed by atoms with Gasteiger partial charge in [-0.3, -0.25) is 25.7 Å². The molecule has 3 rings (SSSR count). The zero-order valence-corrected chi connectivity index (χ0v) is 16.7. The van der Waals surface area contributed by atoms with Crippen LogP contribution >= 0.6 is 0 Å². The minimum Gasteiger partial charge on any atom is -0.271 e. The molecule has 0 amide bonds. The van der Waals surface area contributed by atoms with Crippen molar-refractivity contribution in [2.45, 2.75) is 20.8 Å². The van der Waals surface area contributed by atoms with Crippen LogP contribution in [0.15, 0.2) is 65.8 Å². The van der Waals surface area contributed by atoms with E-state index in [2.05, 4.69) is 10.5 Å². The Morgan fingerprint density at radius 1 is 0.833 bits per heavy atom. The van der Waals surface area contributed by atoms with Crippen LogP contribution in [0.1, 0.15) is 27.8 Å². The van der Waals surface area contributed by atoms with Crippen molar-refractivity contribution in [1.29, 1.82) is 0 Å². The van der Waals surface area contributed by atoms with Gasteiger partial charge in [0.15, 0.2) is 0 Å². The Balaban J connectivity index is 2.13. The number of hydrazone groups is 1. The highest BCUT2D eigenvalue weighted by Crippen LogP contribution is 2.29. The maximum Gasteiger partial charge on any atom is 0.301 e. The summed E-state index contributed by atoms with van der Waals surface area (Å²) in [6.07, 6.45) is 0. The minimum atomic E-state index is -0.672. The van der Waals surface area contributed by atoms with Gasteiger partial charge in [-0.15, -0.1) is 0 Å². The molecule has 8 heteroatoms. The quantitative estimate of drug-likeness (QED) is 0.341. The lowest BCUT2D eigenvalue weighted by atomic mass is 9.94. The molecule has 0 saturated heterocycles. The van der Waals surface area contributed by atoms with Crippen LogP contribution in [0.2, 0.25) is 0 Å². The second kappa shape index (κ2) is 8.52. The third-order valence-corrected chi connectivity index (χ3v) is 4.71. The van der Waals surface area contributed by atoms with Gasteiger partial charge in [-0.2, -0.15) is 5.10 Å². The smallest absolute Gasteiger partial charge is 0.271 e. The van der Waals surface area contributed by atoms with Crippen molar-refractivity contribution in [3.63, 3.8) is 0 Å². The summed E-state index contributed by atoms with van der Waals surface area (Å²) in [5.41, 5.74) is 7.55. The van der Waals surface area contributed by atoms with E-state index >= 15 is 0 Å². The van der Waals surface area contributed by atoms with Gasteiger partial charge in [-0.1, -0.05) is 48.0 Å². The van der Waals surface area contributed by atoms with Crippen LogP contribution < -0.4 is 5.43 Å². The van der Waals surface area contributed by atoms with Gasteiger partial charge in [0.1, 0.15) is 5.69 Å². The molecule has 8 nitrogen and oxygen atoms in total. The number of nitrogens with zero attached hydrogens (tertiary/aromatic N) is 3. The van der Waals surface area contributed by atoms with Crippen LogP contribution in [0.25, 0.3) is 0 Å². The third-order valence-electron chi connectivity index (χ3n) is 4.71. The summed E-state index contributed by atoms with van der Waals surface area (Å²) < 4.78 is 0. The maximum atomic E-state index is 11.4. The van der Waals surface area contributed by atoms with E-state index in [4.69, 9.17) is 0 Å². The molecule has 0 spiro atoms. The van der Waals surface area contributed by atoms with Crippen LogP contribution in [0.4, 0.5) is 17.1 Å². The Morgan fingerprint density at radius 2 is 1.53 bits per heavy atom. The monoisotopic (exact) mass is 404 g/mol. The number of aryl methyl sites for hydroxylation is 3.